The van der Waals surface area contributed by atoms with Gasteiger partial charge < -0.3 is 20.1 Å². The number of nitrogens with one attached hydrogen (secondary N) is 1. The number of nitriles is 1. The summed E-state index contributed by atoms with van der Waals surface area (Å²) in [6.07, 6.45) is -3.11. The highest BCUT2D eigenvalue weighted by Gasteiger charge is 2.34. The normalized spacial score (nSPS) is 13.7. The maximum absolute atomic E-state index is 13.3. The summed E-state index contributed by atoms with van der Waals surface area (Å²) in [6.45, 7) is 2.12. The number of rotatable bonds is 3. The van der Waals surface area contributed by atoms with Gasteiger partial charge in [0.05, 0.1) is 36.0 Å². The minimum absolute atomic E-state index is 0.0568. The van der Waals surface area contributed by atoms with E-state index in [1.807, 2.05) is 0 Å². The summed E-state index contributed by atoms with van der Waals surface area (Å²) >= 11 is 0. The Kier molecular flexibility index (Phi) is 6.76. The molecule has 3 rings (SSSR count). The standard InChI is InChI=1S/C20H18F3N7O3/c1-2-32-18(31)16(25)33-19(26)29-17-13-5-6-30(9-15(13)27-10-28-17)12-4-3-11(8-24)14(7-12)20(21,22)23/h3-4,7,10,25H,2,5-6,9H2,1H3,(H2,26,27,28,29). The van der Waals surface area contributed by atoms with Crippen molar-refractivity contribution in [2.24, 2.45) is 10.7 Å². The molecule has 0 atom stereocenters. The van der Waals surface area contributed by atoms with Crippen LogP contribution in [0.3, 0.4) is 0 Å². The SMILES string of the molecule is CCOC(=O)C(=N)OC(N)=Nc1ncnc2c1CCN(c1ccc(C#N)c(C(F)(F)F)c1)C2. The van der Waals surface area contributed by atoms with E-state index >= 15 is 0 Å². The molecule has 0 spiro atoms. The Morgan fingerprint density at radius 2 is 2.15 bits per heavy atom. The fourth-order valence-electron chi connectivity index (χ4n) is 3.18. The Bertz CT molecular complexity index is 1160. The van der Waals surface area contributed by atoms with E-state index < -0.39 is 35.2 Å². The number of aliphatic imine (C=N–C) groups is 1. The number of hydrogen-bond acceptors (Lipinski definition) is 9. The van der Waals surface area contributed by atoms with Crippen molar-refractivity contribution in [1.29, 1.82) is 10.7 Å². The number of nitrogens with zero attached hydrogens (tertiary/aromatic N) is 5. The number of amidine groups is 1. The molecule has 0 amide bonds. The van der Waals surface area contributed by atoms with Crippen LogP contribution in [-0.4, -0.2) is 41.0 Å². The van der Waals surface area contributed by atoms with E-state index in [1.54, 1.807) is 17.9 Å². The number of anilines is 1. The minimum Gasteiger partial charge on any atom is -0.459 e. The third-order valence-electron chi connectivity index (χ3n) is 4.66. The fourth-order valence-corrected chi connectivity index (χ4v) is 3.18. The van der Waals surface area contributed by atoms with Crippen LogP contribution in [0.4, 0.5) is 24.7 Å². The van der Waals surface area contributed by atoms with Crippen molar-refractivity contribution < 1.29 is 27.4 Å². The zero-order valence-electron chi connectivity index (χ0n) is 17.3. The van der Waals surface area contributed by atoms with E-state index in [-0.39, 0.29) is 19.0 Å². The van der Waals surface area contributed by atoms with Crippen molar-refractivity contribution in [1.82, 2.24) is 9.97 Å². The third-order valence-corrected chi connectivity index (χ3v) is 4.66. The minimum atomic E-state index is -4.66. The molecule has 0 radical (unpaired) electrons. The van der Waals surface area contributed by atoms with Crippen LogP contribution in [0.25, 0.3) is 0 Å². The van der Waals surface area contributed by atoms with Gasteiger partial charge in [-0.2, -0.15) is 23.4 Å². The molecular formula is C20H18F3N7O3. The molecule has 0 saturated heterocycles. The van der Waals surface area contributed by atoms with Crippen LogP contribution in [0, 0.1) is 16.7 Å². The Labute approximate surface area is 186 Å². The molecule has 10 nitrogen and oxygen atoms in total. The summed E-state index contributed by atoms with van der Waals surface area (Å²) in [5.74, 6) is -1.69. The van der Waals surface area contributed by atoms with Gasteiger partial charge in [0.1, 0.15) is 6.33 Å². The highest BCUT2D eigenvalue weighted by atomic mass is 19.4. The largest absolute Gasteiger partial charge is 0.459 e. The van der Waals surface area contributed by atoms with E-state index in [0.717, 1.165) is 12.1 Å². The third kappa shape index (κ3) is 5.35. The number of esters is 1. The second-order valence-corrected chi connectivity index (χ2v) is 6.74. The summed E-state index contributed by atoms with van der Waals surface area (Å²) in [7, 11) is 0. The van der Waals surface area contributed by atoms with Crippen molar-refractivity contribution in [2.75, 3.05) is 18.1 Å². The molecule has 1 aliphatic rings. The molecule has 1 aromatic heterocycles. The van der Waals surface area contributed by atoms with E-state index in [1.165, 1.54) is 12.4 Å². The van der Waals surface area contributed by atoms with Gasteiger partial charge in [-0.1, -0.05) is 0 Å². The summed E-state index contributed by atoms with van der Waals surface area (Å²) in [6, 6.07) is 4.59. The summed E-state index contributed by atoms with van der Waals surface area (Å²) in [5.41, 5.74) is 5.61. The fraction of sp³-hybridized carbons (Fsp3) is 0.300. The first-order chi connectivity index (χ1) is 15.6. The number of fused-ring (bicyclic) bond motifs is 1. The van der Waals surface area contributed by atoms with Gasteiger partial charge in [-0.05, 0) is 31.5 Å². The molecule has 0 fully saturated rings. The van der Waals surface area contributed by atoms with Gasteiger partial charge in [0, 0.05) is 17.8 Å². The first-order valence-corrected chi connectivity index (χ1v) is 9.60. The smallest absolute Gasteiger partial charge is 0.417 e. The molecular weight excluding hydrogens is 443 g/mol. The monoisotopic (exact) mass is 461 g/mol. The topological polar surface area (TPSA) is 151 Å². The van der Waals surface area contributed by atoms with Gasteiger partial charge in [0.25, 0.3) is 6.02 Å². The number of carbonyl (C=O) groups is 1. The predicted molar refractivity (Wildman–Crippen MR) is 110 cm³/mol. The number of hydrogen-bond donors (Lipinski definition) is 2. The average Bonchev–Trinajstić information content (AvgIpc) is 2.78. The second kappa shape index (κ2) is 9.51. The molecule has 1 aromatic carbocycles. The van der Waals surface area contributed by atoms with Crippen molar-refractivity contribution in [3.63, 3.8) is 0 Å². The van der Waals surface area contributed by atoms with Crippen LogP contribution in [0.2, 0.25) is 0 Å². The zero-order valence-corrected chi connectivity index (χ0v) is 17.3. The molecule has 1 aliphatic heterocycles. The van der Waals surface area contributed by atoms with Crippen LogP contribution in [0.5, 0.6) is 0 Å². The second-order valence-electron chi connectivity index (χ2n) is 6.74. The van der Waals surface area contributed by atoms with Crippen LogP contribution in [0.1, 0.15) is 29.3 Å². The van der Waals surface area contributed by atoms with Crippen molar-refractivity contribution in [3.05, 3.63) is 46.9 Å². The quantitative estimate of drug-likeness (QED) is 0.402. The molecule has 0 unspecified atom stereocenters. The van der Waals surface area contributed by atoms with Crippen LogP contribution >= 0.6 is 0 Å². The lowest BCUT2D eigenvalue weighted by Gasteiger charge is -2.30. The predicted octanol–water partition coefficient (Wildman–Crippen LogP) is 2.43. The van der Waals surface area contributed by atoms with Gasteiger partial charge >= 0.3 is 18.0 Å². The molecule has 3 N–H and O–H groups in total. The van der Waals surface area contributed by atoms with Crippen molar-refractivity contribution in [2.45, 2.75) is 26.1 Å². The van der Waals surface area contributed by atoms with E-state index in [4.69, 9.17) is 21.1 Å². The first-order valence-electron chi connectivity index (χ1n) is 9.60. The lowest BCUT2D eigenvalue weighted by atomic mass is 10.0. The molecule has 0 saturated carbocycles. The van der Waals surface area contributed by atoms with Gasteiger partial charge in [-0.3, -0.25) is 5.41 Å². The lowest BCUT2D eigenvalue weighted by Crippen LogP contribution is -2.32. The van der Waals surface area contributed by atoms with E-state index in [2.05, 4.69) is 19.7 Å². The number of halogens is 3. The average molecular weight is 461 g/mol. The van der Waals surface area contributed by atoms with E-state index in [0.29, 0.717) is 29.9 Å². The number of aromatic nitrogens is 2. The highest BCUT2D eigenvalue weighted by Crippen LogP contribution is 2.36. The Balaban J connectivity index is 1.82. The lowest BCUT2D eigenvalue weighted by molar-refractivity contribution is -0.138. The molecule has 172 valence electrons. The van der Waals surface area contributed by atoms with Crippen LogP contribution in [-0.2, 0) is 33.4 Å². The van der Waals surface area contributed by atoms with E-state index in [9.17, 15) is 18.0 Å². The molecule has 0 aliphatic carbocycles. The first kappa shape index (κ1) is 23.5. The Morgan fingerprint density at radius 1 is 1.39 bits per heavy atom. The van der Waals surface area contributed by atoms with Gasteiger partial charge in [-0.15, -0.1) is 0 Å². The van der Waals surface area contributed by atoms with Gasteiger partial charge in [0.15, 0.2) is 5.82 Å². The van der Waals surface area contributed by atoms with Crippen LogP contribution < -0.4 is 10.6 Å². The molecule has 13 heteroatoms. The molecule has 2 heterocycles. The highest BCUT2D eigenvalue weighted by molar-refractivity contribution is 6.33. The summed E-state index contributed by atoms with van der Waals surface area (Å²) < 4.78 is 49.4. The van der Waals surface area contributed by atoms with Gasteiger partial charge in [-0.25, -0.2) is 14.8 Å². The Hall–Kier alpha value is -4.21. The number of nitrogens with two attached hydrogens (primary N) is 1. The number of alkyl halides is 3. The summed E-state index contributed by atoms with van der Waals surface area (Å²) in [5, 5.41) is 16.5. The maximum Gasteiger partial charge on any atom is 0.417 e. The number of carbonyl (C=O) groups excluding carboxylic acids is 1. The van der Waals surface area contributed by atoms with Gasteiger partial charge in [0.2, 0.25) is 0 Å². The number of benzene rings is 1. The van der Waals surface area contributed by atoms with Crippen molar-refractivity contribution >= 4 is 29.4 Å². The van der Waals surface area contributed by atoms with Crippen LogP contribution in [0.15, 0.2) is 29.5 Å². The zero-order chi connectivity index (χ0) is 24.2. The molecule has 0 bridgehead atoms. The molecule has 33 heavy (non-hydrogen) atoms. The molecule has 2 aromatic rings. The number of ether oxygens (including phenoxy) is 2. The van der Waals surface area contributed by atoms with Crippen molar-refractivity contribution in [3.8, 4) is 6.07 Å². The Morgan fingerprint density at radius 3 is 2.82 bits per heavy atom. The maximum atomic E-state index is 13.3. The summed E-state index contributed by atoms with van der Waals surface area (Å²) in [4.78, 5) is 25.4.